The molecule has 7 nitrogen and oxygen atoms in total. The van der Waals surface area contributed by atoms with Crippen molar-refractivity contribution in [2.75, 3.05) is 5.32 Å². The Labute approximate surface area is 169 Å². The van der Waals surface area contributed by atoms with Gasteiger partial charge in [-0.1, -0.05) is 35.4 Å². The summed E-state index contributed by atoms with van der Waals surface area (Å²) in [6.07, 6.45) is 1.47. The summed E-state index contributed by atoms with van der Waals surface area (Å²) in [6.45, 7) is 0. The summed E-state index contributed by atoms with van der Waals surface area (Å²) in [4.78, 5) is 17.6. The van der Waals surface area contributed by atoms with Crippen molar-refractivity contribution in [1.29, 1.82) is 0 Å². The number of hydrogen-bond donors (Lipinski definition) is 1. The number of furan rings is 1. The van der Waals surface area contributed by atoms with Crippen LogP contribution in [-0.4, -0.2) is 21.1 Å². The Morgan fingerprint density at radius 1 is 0.967 bits per heavy atom. The fourth-order valence-electron chi connectivity index (χ4n) is 3.08. The monoisotopic (exact) mass is 400 g/mol. The highest BCUT2D eigenvalue weighted by atomic mass is 19.1. The van der Waals surface area contributed by atoms with Crippen molar-refractivity contribution in [1.82, 2.24) is 15.2 Å². The third kappa shape index (κ3) is 3.30. The van der Waals surface area contributed by atoms with Crippen LogP contribution in [0.2, 0.25) is 0 Å². The predicted octanol–water partition coefficient (Wildman–Crippen LogP) is 4.94. The van der Waals surface area contributed by atoms with E-state index in [9.17, 15) is 9.18 Å². The molecule has 5 rings (SSSR count). The molecule has 0 atom stereocenters. The molecular formula is C22H13FN4O3. The zero-order valence-corrected chi connectivity index (χ0v) is 15.4. The maximum atomic E-state index is 13.9. The molecule has 0 fully saturated rings. The molecule has 1 amide bonds. The highest BCUT2D eigenvalue weighted by molar-refractivity contribution is 6.12. The van der Waals surface area contributed by atoms with Gasteiger partial charge in [-0.3, -0.25) is 10.1 Å². The van der Waals surface area contributed by atoms with Crippen molar-refractivity contribution >= 4 is 22.8 Å². The molecule has 0 aliphatic rings. The van der Waals surface area contributed by atoms with E-state index in [-0.39, 0.29) is 17.5 Å². The van der Waals surface area contributed by atoms with Gasteiger partial charge in [0.15, 0.2) is 5.76 Å². The second-order valence-electron chi connectivity index (χ2n) is 6.43. The standard InChI is InChI=1S/C22H13FN4O3/c23-14-8-9-17-15(11-14)16(12-18(24-17)13-5-2-1-3-6-13)20(28)25-22-27-26-21(30-22)19-7-4-10-29-19/h1-12H,(H,25,27,28). The quantitative estimate of drug-likeness (QED) is 0.459. The van der Waals surface area contributed by atoms with Gasteiger partial charge in [-0.25, -0.2) is 9.37 Å². The summed E-state index contributed by atoms with van der Waals surface area (Å²) in [5.41, 5.74) is 2.14. The number of carbonyl (C=O) groups excluding carboxylic acids is 1. The molecule has 0 saturated heterocycles. The van der Waals surface area contributed by atoms with Crippen LogP contribution in [0.15, 0.2) is 81.8 Å². The van der Waals surface area contributed by atoms with Gasteiger partial charge >= 0.3 is 6.01 Å². The molecule has 30 heavy (non-hydrogen) atoms. The average Bonchev–Trinajstić information content (AvgIpc) is 3.45. The first kappa shape index (κ1) is 17.7. The molecule has 0 aliphatic heterocycles. The SMILES string of the molecule is O=C(Nc1nnc(-c2ccco2)o1)c1cc(-c2ccccc2)nc2ccc(F)cc12. The van der Waals surface area contributed by atoms with Crippen molar-refractivity contribution in [3.63, 3.8) is 0 Å². The van der Waals surface area contributed by atoms with Gasteiger partial charge in [0.05, 0.1) is 23.0 Å². The smallest absolute Gasteiger partial charge is 0.322 e. The Bertz CT molecular complexity index is 1350. The number of aromatic nitrogens is 3. The minimum Gasteiger partial charge on any atom is -0.459 e. The number of benzene rings is 2. The number of rotatable bonds is 4. The lowest BCUT2D eigenvalue weighted by Gasteiger charge is -2.09. The van der Waals surface area contributed by atoms with E-state index < -0.39 is 11.7 Å². The van der Waals surface area contributed by atoms with Crippen LogP contribution in [0.4, 0.5) is 10.4 Å². The molecule has 8 heteroatoms. The molecule has 3 aromatic heterocycles. The Kier molecular flexibility index (Phi) is 4.29. The largest absolute Gasteiger partial charge is 0.459 e. The molecule has 5 aromatic rings. The summed E-state index contributed by atoms with van der Waals surface area (Å²) in [5.74, 6) is -0.486. The normalized spacial score (nSPS) is 11.0. The number of anilines is 1. The lowest BCUT2D eigenvalue weighted by atomic mass is 10.0. The number of nitrogens with zero attached hydrogens (tertiary/aromatic N) is 3. The molecule has 0 saturated carbocycles. The number of halogens is 1. The number of pyridine rings is 1. The van der Waals surface area contributed by atoms with E-state index in [2.05, 4.69) is 20.5 Å². The van der Waals surface area contributed by atoms with Crippen molar-refractivity contribution in [3.05, 3.63) is 84.4 Å². The van der Waals surface area contributed by atoms with Gasteiger partial charge in [0.25, 0.3) is 11.8 Å². The number of amides is 1. The molecule has 146 valence electrons. The highest BCUT2D eigenvalue weighted by Crippen LogP contribution is 2.27. The van der Waals surface area contributed by atoms with Crippen LogP contribution in [-0.2, 0) is 0 Å². The van der Waals surface area contributed by atoms with Crippen LogP contribution in [0, 0.1) is 5.82 Å². The number of carbonyl (C=O) groups is 1. The fraction of sp³-hybridized carbons (Fsp3) is 0. The van der Waals surface area contributed by atoms with Crippen molar-refractivity contribution in [3.8, 4) is 22.9 Å². The molecule has 0 aliphatic carbocycles. The van der Waals surface area contributed by atoms with Gasteiger partial charge in [0.2, 0.25) is 0 Å². The first-order chi connectivity index (χ1) is 14.7. The van der Waals surface area contributed by atoms with Crippen LogP contribution < -0.4 is 5.32 Å². The Hall–Kier alpha value is -4.33. The van der Waals surface area contributed by atoms with Crippen molar-refractivity contribution in [2.24, 2.45) is 0 Å². The van der Waals surface area contributed by atoms with E-state index >= 15 is 0 Å². The van der Waals surface area contributed by atoms with E-state index in [1.165, 1.54) is 24.5 Å². The van der Waals surface area contributed by atoms with Gasteiger partial charge in [0.1, 0.15) is 5.82 Å². The molecule has 0 spiro atoms. The Morgan fingerprint density at radius 3 is 2.63 bits per heavy atom. The maximum absolute atomic E-state index is 13.9. The molecule has 2 aromatic carbocycles. The first-order valence-corrected chi connectivity index (χ1v) is 9.02. The van der Waals surface area contributed by atoms with Crippen LogP contribution in [0.25, 0.3) is 33.8 Å². The van der Waals surface area contributed by atoms with Crippen LogP contribution >= 0.6 is 0 Å². The molecule has 0 bridgehead atoms. The Morgan fingerprint density at radius 2 is 1.83 bits per heavy atom. The third-order valence-electron chi connectivity index (χ3n) is 4.46. The van der Waals surface area contributed by atoms with Crippen LogP contribution in [0.1, 0.15) is 10.4 Å². The first-order valence-electron chi connectivity index (χ1n) is 9.02. The molecule has 1 N–H and O–H groups in total. The summed E-state index contributed by atoms with van der Waals surface area (Å²) in [5, 5.41) is 10.6. The zero-order chi connectivity index (χ0) is 20.5. The molecule has 0 radical (unpaired) electrons. The summed E-state index contributed by atoms with van der Waals surface area (Å²) in [6, 6.07) is 18.4. The molecule has 0 unspecified atom stereocenters. The topological polar surface area (TPSA) is 94.1 Å². The van der Waals surface area contributed by atoms with Gasteiger partial charge < -0.3 is 8.83 Å². The van der Waals surface area contributed by atoms with E-state index in [1.807, 2.05) is 30.3 Å². The predicted molar refractivity (Wildman–Crippen MR) is 107 cm³/mol. The number of fused-ring (bicyclic) bond motifs is 1. The Balaban J connectivity index is 1.55. The second-order valence-corrected chi connectivity index (χ2v) is 6.43. The number of hydrogen-bond acceptors (Lipinski definition) is 6. The fourth-order valence-corrected chi connectivity index (χ4v) is 3.08. The van der Waals surface area contributed by atoms with Crippen LogP contribution in [0.5, 0.6) is 0 Å². The molecule has 3 heterocycles. The minimum absolute atomic E-state index is 0.103. The van der Waals surface area contributed by atoms with E-state index in [1.54, 1.807) is 18.2 Å². The number of nitrogens with one attached hydrogen (secondary N) is 1. The summed E-state index contributed by atoms with van der Waals surface area (Å²) >= 11 is 0. The van der Waals surface area contributed by atoms with Crippen molar-refractivity contribution < 1.29 is 18.0 Å². The summed E-state index contributed by atoms with van der Waals surface area (Å²) < 4.78 is 24.5. The van der Waals surface area contributed by atoms with E-state index in [0.717, 1.165) is 5.56 Å². The minimum atomic E-state index is -0.528. The zero-order valence-electron chi connectivity index (χ0n) is 15.4. The van der Waals surface area contributed by atoms with Gasteiger partial charge in [-0.15, -0.1) is 5.10 Å². The van der Waals surface area contributed by atoms with E-state index in [4.69, 9.17) is 8.83 Å². The average molecular weight is 400 g/mol. The van der Waals surface area contributed by atoms with Gasteiger partial charge in [-0.05, 0) is 36.4 Å². The highest BCUT2D eigenvalue weighted by Gasteiger charge is 2.18. The van der Waals surface area contributed by atoms with Crippen LogP contribution in [0.3, 0.4) is 0 Å². The van der Waals surface area contributed by atoms with Gasteiger partial charge in [0, 0.05) is 10.9 Å². The van der Waals surface area contributed by atoms with E-state index in [0.29, 0.717) is 22.4 Å². The lowest BCUT2D eigenvalue weighted by Crippen LogP contribution is -2.13. The third-order valence-corrected chi connectivity index (χ3v) is 4.46. The van der Waals surface area contributed by atoms with Crippen molar-refractivity contribution in [2.45, 2.75) is 0 Å². The molecular weight excluding hydrogens is 387 g/mol. The summed E-state index contributed by atoms with van der Waals surface area (Å²) in [7, 11) is 0. The second kappa shape index (κ2) is 7.25. The van der Waals surface area contributed by atoms with Gasteiger partial charge in [-0.2, -0.15) is 0 Å². The lowest BCUT2D eigenvalue weighted by molar-refractivity contribution is 0.102. The maximum Gasteiger partial charge on any atom is 0.322 e.